The van der Waals surface area contributed by atoms with Crippen molar-refractivity contribution in [1.29, 1.82) is 0 Å². The third kappa shape index (κ3) is 1.45. The molecule has 1 aromatic rings. The molecule has 1 aliphatic heterocycles. The first-order chi connectivity index (χ1) is 6.74. The maximum Gasteiger partial charge on any atom is 0.357 e. The highest BCUT2D eigenvalue weighted by Crippen LogP contribution is 2.23. The van der Waals surface area contributed by atoms with Crippen molar-refractivity contribution in [3.8, 4) is 0 Å². The number of carbonyl (C=O) groups excluding carboxylic acids is 1. The van der Waals surface area contributed by atoms with Gasteiger partial charge in [-0.3, -0.25) is 0 Å². The lowest BCUT2D eigenvalue weighted by molar-refractivity contribution is 0.0586. The van der Waals surface area contributed by atoms with Gasteiger partial charge in [0.1, 0.15) is 10.4 Å². The Hall–Kier alpha value is -0.840. The first-order valence-electron chi connectivity index (χ1n) is 4.57. The maximum absolute atomic E-state index is 11.5. The number of aryl methyl sites for hydroxylation is 1. The van der Waals surface area contributed by atoms with Crippen LogP contribution in [0.25, 0.3) is 0 Å². The van der Waals surface area contributed by atoms with Gasteiger partial charge in [0.15, 0.2) is 5.69 Å². The van der Waals surface area contributed by atoms with Gasteiger partial charge in [-0.2, -0.15) is 0 Å². The predicted molar refractivity (Wildman–Crippen MR) is 54.2 cm³/mol. The van der Waals surface area contributed by atoms with E-state index in [2.05, 4.69) is 20.9 Å². The van der Waals surface area contributed by atoms with E-state index in [1.807, 2.05) is 4.57 Å². The van der Waals surface area contributed by atoms with E-state index in [-0.39, 0.29) is 5.97 Å². The van der Waals surface area contributed by atoms with Gasteiger partial charge in [-0.05, 0) is 28.8 Å². The van der Waals surface area contributed by atoms with Crippen LogP contribution in [0.1, 0.15) is 29.2 Å². The van der Waals surface area contributed by atoms with E-state index in [4.69, 9.17) is 4.74 Å². The summed E-state index contributed by atoms with van der Waals surface area (Å²) in [6, 6.07) is 0. The standard InChI is InChI=1S/C9H11BrN2O2/c1-14-9(13)7-8(10)11-6-4-2-3-5-12(6)7/h2-5H2,1H3. The molecule has 0 saturated heterocycles. The predicted octanol–water partition coefficient (Wildman–Crippen LogP) is 1.77. The quantitative estimate of drug-likeness (QED) is 0.722. The first-order valence-corrected chi connectivity index (χ1v) is 5.36. The number of aromatic nitrogens is 2. The molecule has 0 radical (unpaired) electrons. The van der Waals surface area contributed by atoms with Gasteiger partial charge in [-0.15, -0.1) is 0 Å². The minimum atomic E-state index is -0.322. The van der Waals surface area contributed by atoms with Crippen molar-refractivity contribution >= 4 is 21.9 Å². The molecule has 0 fully saturated rings. The van der Waals surface area contributed by atoms with E-state index >= 15 is 0 Å². The van der Waals surface area contributed by atoms with Crippen LogP contribution in [0.5, 0.6) is 0 Å². The topological polar surface area (TPSA) is 44.1 Å². The van der Waals surface area contributed by atoms with Crippen molar-refractivity contribution < 1.29 is 9.53 Å². The van der Waals surface area contributed by atoms with Gasteiger partial charge < -0.3 is 9.30 Å². The van der Waals surface area contributed by atoms with Gasteiger partial charge in [0.05, 0.1) is 7.11 Å². The minimum absolute atomic E-state index is 0.322. The van der Waals surface area contributed by atoms with Crippen LogP contribution in [0.3, 0.4) is 0 Å². The number of fused-ring (bicyclic) bond motifs is 1. The molecule has 0 atom stereocenters. The average Bonchev–Trinajstić information content (AvgIpc) is 2.53. The van der Waals surface area contributed by atoms with E-state index in [1.165, 1.54) is 7.11 Å². The molecule has 0 bridgehead atoms. The van der Waals surface area contributed by atoms with E-state index in [1.54, 1.807) is 0 Å². The third-order valence-electron chi connectivity index (χ3n) is 2.41. The van der Waals surface area contributed by atoms with Crippen molar-refractivity contribution in [3.05, 3.63) is 16.1 Å². The highest BCUT2D eigenvalue weighted by atomic mass is 79.9. The second kappa shape index (κ2) is 3.73. The summed E-state index contributed by atoms with van der Waals surface area (Å²) in [5.74, 6) is 0.654. The number of halogens is 1. The molecule has 0 aromatic carbocycles. The van der Waals surface area contributed by atoms with E-state index in [0.717, 1.165) is 31.6 Å². The number of rotatable bonds is 1. The SMILES string of the molecule is COC(=O)c1c(Br)nc2n1CCCC2. The number of ether oxygens (including phenoxy) is 1. The normalized spacial score (nSPS) is 15.0. The fourth-order valence-electron chi connectivity index (χ4n) is 1.74. The fraction of sp³-hybridized carbons (Fsp3) is 0.556. The molecule has 0 aliphatic carbocycles. The third-order valence-corrected chi connectivity index (χ3v) is 2.97. The maximum atomic E-state index is 11.5. The highest BCUT2D eigenvalue weighted by Gasteiger charge is 2.23. The molecule has 0 N–H and O–H groups in total. The molecule has 2 rings (SSSR count). The number of carbonyl (C=O) groups is 1. The summed E-state index contributed by atoms with van der Waals surface area (Å²) in [6.07, 6.45) is 3.18. The Balaban J connectivity index is 2.47. The molecule has 0 amide bonds. The van der Waals surface area contributed by atoms with Crippen molar-refractivity contribution in [2.45, 2.75) is 25.8 Å². The second-order valence-electron chi connectivity index (χ2n) is 3.27. The van der Waals surface area contributed by atoms with Crippen molar-refractivity contribution in [2.75, 3.05) is 7.11 Å². The van der Waals surface area contributed by atoms with Gasteiger partial charge in [0.2, 0.25) is 0 Å². The second-order valence-corrected chi connectivity index (χ2v) is 4.02. The van der Waals surface area contributed by atoms with Crippen molar-refractivity contribution in [2.24, 2.45) is 0 Å². The van der Waals surface area contributed by atoms with Crippen LogP contribution in [0, 0.1) is 0 Å². The Morgan fingerprint density at radius 2 is 2.36 bits per heavy atom. The van der Waals surface area contributed by atoms with Crippen LogP contribution in [0.2, 0.25) is 0 Å². The summed E-state index contributed by atoms with van der Waals surface area (Å²) in [7, 11) is 1.39. The average molecular weight is 259 g/mol. The summed E-state index contributed by atoms with van der Waals surface area (Å²) in [5.41, 5.74) is 0.544. The zero-order chi connectivity index (χ0) is 10.1. The van der Waals surface area contributed by atoms with Crippen LogP contribution in [-0.2, 0) is 17.7 Å². The number of esters is 1. The Labute approximate surface area is 90.4 Å². The summed E-state index contributed by atoms with van der Waals surface area (Å²) in [5, 5.41) is 0. The van der Waals surface area contributed by atoms with Crippen LogP contribution in [0.4, 0.5) is 0 Å². The molecular formula is C9H11BrN2O2. The molecule has 1 aliphatic rings. The smallest absolute Gasteiger partial charge is 0.357 e. The van der Waals surface area contributed by atoms with E-state index in [9.17, 15) is 4.79 Å². The minimum Gasteiger partial charge on any atom is -0.464 e. The summed E-state index contributed by atoms with van der Waals surface area (Å²) in [6.45, 7) is 0.859. The number of nitrogens with zero attached hydrogens (tertiary/aromatic N) is 2. The monoisotopic (exact) mass is 258 g/mol. The number of methoxy groups -OCH3 is 1. The summed E-state index contributed by atoms with van der Waals surface area (Å²) in [4.78, 5) is 15.8. The Morgan fingerprint density at radius 1 is 1.57 bits per heavy atom. The molecule has 0 unspecified atom stereocenters. The molecule has 4 nitrogen and oxygen atoms in total. The van der Waals surface area contributed by atoms with E-state index in [0.29, 0.717) is 10.3 Å². The van der Waals surface area contributed by atoms with Gasteiger partial charge in [-0.25, -0.2) is 9.78 Å². The largest absolute Gasteiger partial charge is 0.464 e. The summed E-state index contributed by atoms with van der Waals surface area (Å²) < 4.78 is 7.25. The molecule has 14 heavy (non-hydrogen) atoms. The van der Waals surface area contributed by atoms with Gasteiger partial charge in [0, 0.05) is 13.0 Å². The van der Waals surface area contributed by atoms with Crippen LogP contribution < -0.4 is 0 Å². The fourth-order valence-corrected chi connectivity index (χ4v) is 2.32. The number of imidazole rings is 1. The lowest BCUT2D eigenvalue weighted by atomic mass is 10.2. The van der Waals surface area contributed by atoms with Gasteiger partial charge in [0.25, 0.3) is 0 Å². The first kappa shape index (κ1) is 9.71. The lowest BCUT2D eigenvalue weighted by Gasteiger charge is -2.14. The molecule has 2 heterocycles. The van der Waals surface area contributed by atoms with Crippen LogP contribution >= 0.6 is 15.9 Å². The van der Waals surface area contributed by atoms with Crippen molar-refractivity contribution in [1.82, 2.24) is 9.55 Å². The van der Waals surface area contributed by atoms with Gasteiger partial charge in [-0.1, -0.05) is 0 Å². The van der Waals surface area contributed by atoms with E-state index < -0.39 is 0 Å². The molecule has 0 saturated carbocycles. The summed E-state index contributed by atoms with van der Waals surface area (Å²) >= 11 is 3.29. The molecule has 76 valence electrons. The van der Waals surface area contributed by atoms with Crippen LogP contribution in [0.15, 0.2) is 4.60 Å². The number of hydrogen-bond acceptors (Lipinski definition) is 3. The number of hydrogen-bond donors (Lipinski definition) is 0. The Kier molecular flexibility index (Phi) is 2.58. The van der Waals surface area contributed by atoms with Gasteiger partial charge >= 0.3 is 5.97 Å². The zero-order valence-corrected chi connectivity index (χ0v) is 9.50. The Bertz CT molecular complexity index is 373. The molecular weight excluding hydrogens is 248 g/mol. The van der Waals surface area contributed by atoms with Crippen LogP contribution in [-0.4, -0.2) is 22.6 Å². The molecule has 1 aromatic heterocycles. The zero-order valence-electron chi connectivity index (χ0n) is 7.92. The lowest BCUT2D eigenvalue weighted by Crippen LogP contribution is -2.16. The Morgan fingerprint density at radius 3 is 3.07 bits per heavy atom. The molecule has 5 heteroatoms. The molecule has 0 spiro atoms. The van der Waals surface area contributed by atoms with Crippen molar-refractivity contribution in [3.63, 3.8) is 0 Å². The highest BCUT2D eigenvalue weighted by molar-refractivity contribution is 9.10.